The molecule has 0 saturated heterocycles. The van der Waals surface area contributed by atoms with E-state index >= 15 is 0 Å². The van der Waals surface area contributed by atoms with E-state index in [1.807, 2.05) is 0 Å². The zero-order valence-corrected chi connectivity index (χ0v) is 28.7. The van der Waals surface area contributed by atoms with Gasteiger partial charge in [-0.3, -0.25) is 0 Å². The van der Waals surface area contributed by atoms with Crippen molar-refractivity contribution in [1.82, 2.24) is 0 Å². The van der Waals surface area contributed by atoms with Gasteiger partial charge in [0.25, 0.3) is 0 Å². The molecule has 0 aliphatic carbocycles. The second kappa shape index (κ2) is 40.3. The van der Waals surface area contributed by atoms with Gasteiger partial charge in [-0.05, 0) is 12.8 Å². The maximum Gasteiger partial charge on any atom is 0.234 e. The zero-order chi connectivity index (χ0) is 30.3. The molecule has 0 aliphatic rings. The minimum Gasteiger partial charge on any atom is -0.396 e. The summed E-state index contributed by atoms with van der Waals surface area (Å²) in [5, 5.41) is 8.79. The van der Waals surface area contributed by atoms with E-state index in [0.29, 0.717) is 13.2 Å². The monoisotopic (exact) mass is 592 g/mol. The number of nitrogens with zero attached hydrogens (tertiary/aromatic N) is 1. The number of aliphatic hydroxyl groups excluding tert-OH is 1. The van der Waals surface area contributed by atoms with Crippen LogP contribution in [0.3, 0.4) is 0 Å². The number of carbonyl (C=O) groups excluding carboxylic acids is 1. The van der Waals surface area contributed by atoms with Crippen LogP contribution in [0.2, 0.25) is 0 Å². The van der Waals surface area contributed by atoms with Gasteiger partial charge in [0.05, 0.1) is 6.54 Å². The molecule has 42 heavy (non-hydrogen) atoms. The Kier molecular flexibility index (Phi) is 39.7. The quantitative estimate of drug-likeness (QED) is 0.0441. The van der Waals surface area contributed by atoms with Gasteiger partial charge >= 0.3 is 0 Å². The maximum absolute atomic E-state index is 10.00. The molecule has 0 aliphatic heterocycles. The molecule has 0 unspecified atom stereocenters. The molecule has 0 fully saturated rings. The zero-order valence-electron chi connectivity index (χ0n) is 28.7. The third-order valence-electron chi connectivity index (χ3n) is 9.24. The van der Waals surface area contributed by atoms with Crippen molar-refractivity contribution in [1.29, 1.82) is 0 Å². The highest BCUT2D eigenvalue weighted by Gasteiger charge is 1.97. The Hall–Kier alpha value is -0.660. The van der Waals surface area contributed by atoms with Crippen LogP contribution in [0.4, 0.5) is 0 Å². The summed E-state index contributed by atoms with van der Waals surface area (Å²) in [4.78, 5) is 13.6. The lowest BCUT2D eigenvalue weighted by molar-refractivity contribution is 0.282. The molecule has 0 atom stereocenters. The van der Waals surface area contributed by atoms with Crippen molar-refractivity contribution in [3.63, 3.8) is 0 Å². The topological polar surface area (TPSA) is 49.7 Å². The van der Waals surface area contributed by atoms with E-state index in [2.05, 4.69) is 4.99 Å². The molecule has 0 bridgehead atoms. The summed E-state index contributed by atoms with van der Waals surface area (Å²) in [6.45, 7) is 1.04. The van der Waals surface area contributed by atoms with Crippen LogP contribution in [-0.2, 0) is 4.79 Å². The molecule has 0 amide bonds. The van der Waals surface area contributed by atoms with Crippen LogP contribution in [0.25, 0.3) is 0 Å². The maximum atomic E-state index is 10.00. The number of aliphatic imine (C=N–C) groups is 1. The van der Waals surface area contributed by atoms with Crippen LogP contribution < -0.4 is 0 Å². The molecule has 3 heteroatoms. The van der Waals surface area contributed by atoms with E-state index < -0.39 is 0 Å². The van der Waals surface area contributed by atoms with Crippen LogP contribution in [0.1, 0.15) is 231 Å². The summed E-state index contributed by atoms with van der Waals surface area (Å²) in [6, 6.07) is 0. The van der Waals surface area contributed by atoms with Crippen molar-refractivity contribution in [3.8, 4) is 0 Å². The van der Waals surface area contributed by atoms with Gasteiger partial charge in [0.1, 0.15) is 0 Å². The molecular weight excluding hydrogens is 514 g/mol. The molecule has 0 aromatic rings. The highest BCUT2D eigenvalue weighted by atomic mass is 16.2. The van der Waals surface area contributed by atoms with Crippen LogP contribution in [-0.4, -0.2) is 24.3 Å². The number of aliphatic hydroxyl groups is 1. The SMILES string of the molecule is O=C=NCCCCCCCCCCCCCCCCCCCCCCCCCCCCCCCCCCCCCCO. The number of rotatable bonds is 38. The van der Waals surface area contributed by atoms with Gasteiger partial charge in [-0.15, -0.1) is 0 Å². The summed E-state index contributed by atoms with van der Waals surface area (Å²) >= 11 is 0. The summed E-state index contributed by atoms with van der Waals surface area (Å²) in [7, 11) is 0. The second-order valence-corrected chi connectivity index (χ2v) is 13.4. The van der Waals surface area contributed by atoms with E-state index in [0.717, 1.165) is 12.8 Å². The summed E-state index contributed by atoms with van der Waals surface area (Å²) < 4.78 is 0. The van der Waals surface area contributed by atoms with Crippen molar-refractivity contribution >= 4 is 6.08 Å². The molecule has 0 heterocycles. The van der Waals surface area contributed by atoms with E-state index in [9.17, 15) is 4.79 Å². The van der Waals surface area contributed by atoms with Crippen molar-refractivity contribution < 1.29 is 9.90 Å². The minimum atomic E-state index is 0.370. The van der Waals surface area contributed by atoms with Gasteiger partial charge in [0.2, 0.25) is 6.08 Å². The van der Waals surface area contributed by atoms with Gasteiger partial charge in [-0.1, -0.05) is 218 Å². The lowest BCUT2D eigenvalue weighted by atomic mass is 10.0. The number of hydrogen-bond donors (Lipinski definition) is 1. The van der Waals surface area contributed by atoms with Crippen LogP contribution in [0.15, 0.2) is 4.99 Å². The third kappa shape index (κ3) is 39.3. The predicted molar refractivity (Wildman–Crippen MR) is 186 cm³/mol. The Morgan fingerprint density at radius 2 is 0.452 bits per heavy atom. The molecule has 3 nitrogen and oxygen atoms in total. The van der Waals surface area contributed by atoms with E-state index in [4.69, 9.17) is 5.11 Å². The molecule has 0 aromatic carbocycles. The summed E-state index contributed by atoms with van der Waals surface area (Å²) in [5.74, 6) is 0. The van der Waals surface area contributed by atoms with E-state index in [-0.39, 0.29) is 0 Å². The third-order valence-corrected chi connectivity index (χ3v) is 9.24. The molecule has 1 N–H and O–H groups in total. The van der Waals surface area contributed by atoms with Crippen LogP contribution in [0.5, 0.6) is 0 Å². The molecule has 250 valence electrons. The average Bonchev–Trinajstić information content (AvgIpc) is 3.00. The van der Waals surface area contributed by atoms with E-state index in [1.54, 1.807) is 6.08 Å². The molecule has 0 spiro atoms. The Morgan fingerprint density at radius 3 is 0.619 bits per heavy atom. The Bertz CT molecular complexity index is 517. The van der Waals surface area contributed by atoms with Gasteiger partial charge in [0, 0.05) is 6.61 Å². The average molecular weight is 592 g/mol. The van der Waals surface area contributed by atoms with Crippen LogP contribution >= 0.6 is 0 Å². The predicted octanol–water partition coefficient (Wildman–Crippen LogP) is 13.4. The molecular formula is C39H77NO2. The van der Waals surface area contributed by atoms with Crippen molar-refractivity contribution in [2.24, 2.45) is 4.99 Å². The summed E-state index contributed by atoms with van der Waals surface area (Å²) in [5.41, 5.74) is 0. The van der Waals surface area contributed by atoms with Gasteiger partial charge in [-0.25, -0.2) is 9.79 Å². The fraction of sp³-hybridized carbons (Fsp3) is 0.974. The number of unbranched alkanes of at least 4 members (excludes halogenated alkanes) is 35. The fourth-order valence-corrected chi connectivity index (χ4v) is 6.36. The fourth-order valence-electron chi connectivity index (χ4n) is 6.36. The molecule has 0 rings (SSSR count). The van der Waals surface area contributed by atoms with E-state index in [1.165, 1.54) is 218 Å². The molecule has 0 saturated carbocycles. The number of hydrogen-bond acceptors (Lipinski definition) is 3. The first-order valence-electron chi connectivity index (χ1n) is 19.6. The normalized spacial score (nSPS) is 11.3. The molecule has 0 radical (unpaired) electrons. The first kappa shape index (κ1) is 41.3. The largest absolute Gasteiger partial charge is 0.396 e. The number of isocyanates is 1. The van der Waals surface area contributed by atoms with Crippen molar-refractivity contribution in [2.45, 2.75) is 231 Å². The second-order valence-electron chi connectivity index (χ2n) is 13.4. The Balaban J connectivity index is 3.03. The van der Waals surface area contributed by atoms with Gasteiger partial charge in [-0.2, -0.15) is 0 Å². The van der Waals surface area contributed by atoms with Crippen LogP contribution in [0, 0.1) is 0 Å². The smallest absolute Gasteiger partial charge is 0.234 e. The van der Waals surface area contributed by atoms with Gasteiger partial charge < -0.3 is 5.11 Å². The first-order valence-corrected chi connectivity index (χ1v) is 19.6. The lowest BCUT2D eigenvalue weighted by Gasteiger charge is -2.05. The van der Waals surface area contributed by atoms with Crippen molar-refractivity contribution in [3.05, 3.63) is 0 Å². The standard InChI is InChI=1S/C39H77NO2/c41-38-36-34-32-30-28-26-24-22-20-18-16-14-12-10-8-6-4-2-1-3-5-7-9-11-13-15-17-19-21-23-25-27-29-31-33-35-37-40-39-42/h41H,1-38H2. The summed E-state index contributed by atoms with van der Waals surface area (Å²) in [6.07, 6.45) is 52.1. The highest BCUT2D eigenvalue weighted by Crippen LogP contribution is 2.17. The first-order chi connectivity index (χ1) is 20.9. The molecule has 0 aromatic heterocycles. The Morgan fingerprint density at radius 1 is 0.286 bits per heavy atom. The van der Waals surface area contributed by atoms with Crippen molar-refractivity contribution in [2.75, 3.05) is 13.2 Å². The highest BCUT2D eigenvalue weighted by molar-refractivity contribution is 5.32. The Labute approximate surface area is 264 Å². The van der Waals surface area contributed by atoms with Gasteiger partial charge in [0.15, 0.2) is 0 Å². The lowest BCUT2D eigenvalue weighted by Crippen LogP contribution is -1.85. The minimum absolute atomic E-state index is 0.370.